The van der Waals surface area contributed by atoms with Crippen LogP contribution in [0.1, 0.15) is 63.6 Å². The summed E-state index contributed by atoms with van der Waals surface area (Å²) in [6, 6.07) is 11.8. The third-order valence-electron chi connectivity index (χ3n) is 6.22. The van der Waals surface area contributed by atoms with Crippen molar-refractivity contribution in [3.63, 3.8) is 0 Å². The number of aliphatic hydroxyl groups excluding tert-OH is 1. The van der Waals surface area contributed by atoms with Crippen molar-refractivity contribution in [2.75, 3.05) is 13.2 Å². The molecule has 0 aliphatic carbocycles. The van der Waals surface area contributed by atoms with Crippen molar-refractivity contribution in [3.05, 3.63) is 65.2 Å². The third kappa shape index (κ3) is 7.97. The first-order valence-electron chi connectivity index (χ1n) is 13.0. The van der Waals surface area contributed by atoms with Crippen molar-refractivity contribution in [1.29, 1.82) is 0 Å². The molecule has 0 aromatic heterocycles. The van der Waals surface area contributed by atoms with Gasteiger partial charge in [0.25, 0.3) is 5.91 Å². The lowest BCUT2D eigenvalue weighted by Gasteiger charge is -2.28. The third-order valence-corrected chi connectivity index (χ3v) is 6.22. The molecular formula is C29H35F3N2O6. The first kappa shape index (κ1) is 30.9. The highest BCUT2D eigenvalue weighted by molar-refractivity contribution is 6.01. The summed E-state index contributed by atoms with van der Waals surface area (Å²) < 4.78 is 57.4. The SMILES string of the molecule is C[C@H]1OC(c2ccc(OCCCO)cc2)=N[C@@]1(CCC(=O)OC(C)(C)C)C(=O)NCc1ccccc1C(F)(F)F. The molecule has 1 aliphatic heterocycles. The minimum Gasteiger partial charge on any atom is -0.494 e. The normalized spacial score (nSPS) is 19.0. The molecule has 0 saturated carbocycles. The smallest absolute Gasteiger partial charge is 0.416 e. The van der Waals surface area contributed by atoms with Crippen LogP contribution < -0.4 is 10.1 Å². The van der Waals surface area contributed by atoms with Gasteiger partial charge in [-0.2, -0.15) is 13.2 Å². The second-order valence-corrected chi connectivity index (χ2v) is 10.5. The number of alkyl halides is 3. The molecule has 11 heteroatoms. The Labute approximate surface area is 231 Å². The van der Waals surface area contributed by atoms with Crippen LogP contribution in [0.5, 0.6) is 5.75 Å². The highest BCUT2D eigenvalue weighted by Crippen LogP contribution is 2.35. The quantitative estimate of drug-likeness (QED) is 0.300. The molecule has 2 N–H and O–H groups in total. The number of hydrogen-bond donors (Lipinski definition) is 2. The lowest BCUT2D eigenvalue weighted by Crippen LogP contribution is -2.51. The van der Waals surface area contributed by atoms with Crippen molar-refractivity contribution < 1.29 is 42.1 Å². The molecular weight excluding hydrogens is 529 g/mol. The Kier molecular flexibility index (Phi) is 9.83. The van der Waals surface area contributed by atoms with Gasteiger partial charge < -0.3 is 24.6 Å². The number of nitrogens with one attached hydrogen (secondary N) is 1. The number of amides is 1. The van der Waals surface area contributed by atoms with Crippen LogP contribution in [0.2, 0.25) is 0 Å². The van der Waals surface area contributed by atoms with Gasteiger partial charge in [-0.3, -0.25) is 9.59 Å². The molecule has 0 unspecified atom stereocenters. The maximum Gasteiger partial charge on any atom is 0.416 e. The van der Waals surface area contributed by atoms with Crippen LogP contribution in [0.25, 0.3) is 0 Å². The zero-order valence-electron chi connectivity index (χ0n) is 23.0. The van der Waals surface area contributed by atoms with E-state index in [1.807, 2.05) is 0 Å². The van der Waals surface area contributed by atoms with Gasteiger partial charge in [-0.15, -0.1) is 0 Å². The predicted molar refractivity (Wildman–Crippen MR) is 142 cm³/mol. The number of hydrogen-bond acceptors (Lipinski definition) is 7. The lowest BCUT2D eigenvalue weighted by molar-refractivity contribution is -0.155. The van der Waals surface area contributed by atoms with E-state index in [4.69, 9.17) is 19.3 Å². The van der Waals surface area contributed by atoms with Gasteiger partial charge in [0.2, 0.25) is 5.90 Å². The van der Waals surface area contributed by atoms with Crippen molar-refractivity contribution in [3.8, 4) is 5.75 Å². The van der Waals surface area contributed by atoms with E-state index >= 15 is 0 Å². The van der Waals surface area contributed by atoms with E-state index in [1.165, 1.54) is 18.2 Å². The Balaban J connectivity index is 1.87. The second kappa shape index (κ2) is 12.7. The van der Waals surface area contributed by atoms with Gasteiger partial charge in [0.1, 0.15) is 17.5 Å². The monoisotopic (exact) mass is 564 g/mol. The number of ether oxygens (including phenoxy) is 3. The molecule has 0 saturated heterocycles. The summed E-state index contributed by atoms with van der Waals surface area (Å²) in [5.41, 5.74) is -2.72. The summed E-state index contributed by atoms with van der Waals surface area (Å²) in [4.78, 5) is 30.7. The Hall–Kier alpha value is -3.60. The van der Waals surface area contributed by atoms with Crippen LogP contribution in [0.4, 0.5) is 13.2 Å². The summed E-state index contributed by atoms with van der Waals surface area (Å²) in [5, 5.41) is 11.5. The Bertz CT molecular complexity index is 1210. The number of aliphatic hydroxyl groups is 1. The van der Waals surface area contributed by atoms with Crippen LogP contribution in [0, 0.1) is 0 Å². The first-order chi connectivity index (χ1) is 18.7. The maximum atomic E-state index is 13.6. The number of esters is 1. The summed E-state index contributed by atoms with van der Waals surface area (Å²) in [7, 11) is 0. The van der Waals surface area contributed by atoms with Crippen molar-refractivity contribution in [1.82, 2.24) is 5.32 Å². The summed E-state index contributed by atoms with van der Waals surface area (Å²) in [6.07, 6.45) is -5.17. The molecule has 3 rings (SSSR count). The van der Waals surface area contributed by atoms with Crippen LogP contribution in [0.3, 0.4) is 0 Å². The highest BCUT2D eigenvalue weighted by Gasteiger charge is 2.50. The van der Waals surface area contributed by atoms with E-state index in [1.54, 1.807) is 52.0 Å². The molecule has 1 aliphatic rings. The molecule has 0 spiro atoms. The van der Waals surface area contributed by atoms with Gasteiger partial charge in [-0.1, -0.05) is 18.2 Å². The first-order valence-corrected chi connectivity index (χ1v) is 13.0. The average molecular weight is 565 g/mol. The fraction of sp³-hybridized carbons (Fsp3) is 0.483. The Morgan fingerprint density at radius 3 is 2.40 bits per heavy atom. The molecule has 1 amide bonds. The molecule has 8 nitrogen and oxygen atoms in total. The van der Waals surface area contributed by atoms with E-state index in [2.05, 4.69) is 10.3 Å². The molecule has 0 radical (unpaired) electrons. The van der Waals surface area contributed by atoms with Gasteiger partial charge >= 0.3 is 12.1 Å². The number of nitrogens with zero attached hydrogens (tertiary/aromatic N) is 1. The van der Waals surface area contributed by atoms with Crippen molar-refractivity contribution in [2.24, 2.45) is 4.99 Å². The van der Waals surface area contributed by atoms with Crippen LogP contribution in [-0.2, 0) is 31.8 Å². The molecule has 40 heavy (non-hydrogen) atoms. The maximum absolute atomic E-state index is 13.6. The number of carbonyl (C=O) groups excluding carboxylic acids is 2. The zero-order chi connectivity index (χ0) is 29.6. The van der Waals surface area contributed by atoms with Gasteiger partial charge in [-0.05, 0) is 70.0 Å². The number of benzene rings is 2. The van der Waals surface area contributed by atoms with Crippen LogP contribution in [-0.4, -0.2) is 53.3 Å². The molecule has 218 valence electrons. The number of halogens is 3. The van der Waals surface area contributed by atoms with Gasteiger partial charge in [0, 0.05) is 31.6 Å². The van der Waals surface area contributed by atoms with E-state index in [0.717, 1.165) is 6.07 Å². The van der Waals surface area contributed by atoms with Gasteiger partial charge in [0.05, 0.1) is 12.2 Å². The van der Waals surface area contributed by atoms with Gasteiger partial charge in [0.15, 0.2) is 5.54 Å². The Morgan fingerprint density at radius 2 is 1.77 bits per heavy atom. The average Bonchev–Trinajstić information content (AvgIpc) is 3.22. The number of carbonyl (C=O) groups is 2. The zero-order valence-corrected chi connectivity index (χ0v) is 23.0. The van der Waals surface area contributed by atoms with E-state index < -0.39 is 40.9 Å². The summed E-state index contributed by atoms with van der Waals surface area (Å²) in [5.74, 6) is -0.479. The fourth-order valence-corrected chi connectivity index (χ4v) is 4.22. The standard InChI is InChI=1S/C29H35F3N2O6/c1-19-28(15-14-24(36)40-27(2,3)4,26(37)33-18-21-8-5-6-9-23(21)29(30,31)32)34-25(39-19)20-10-12-22(13-11-20)38-17-7-16-35/h5-6,8-13,19,35H,7,14-18H2,1-4H3,(H,33,37)/t19-,28-/m1/s1. The van der Waals surface area contributed by atoms with Crippen molar-refractivity contribution in [2.45, 2.75) is 76.9 Å². The Morgan fingerprint density at radius 1 is 1.10 bits per heavy atom. The molecule has 1 heterocycles. The molecule has 0 fully saturated rings. The highest BCUT2D eigenvalue weighted by atomic mass is 19.4. The van der Waals surface area contributed by atoms with E-state index in [9.17, 15) is 22.8 Å². The number of rotatable bonds is 11. The van der Waals surface area contributed by atoms with Crippen molar-refractivity contribution >= 4 is 17.8 Å². The fourth-order valence-electron chi connectivity index (χ4n) is 4.22. The van der Waals surface area contributed by atoms with Gasteiger partial charge in [-0.25, -0.2) is 4.99 Å². The second-order valence-electron chi connectivity index (χ2n) is 10.5. The summed E-state index contributed by atoms with van der Waals surface area (Å²) in [6.45, 7) is 6.76. The van der Waals surface area contributed by atoms with Crippen LogP contribution in [0.15, 0.2) is 53.5 Å². The molecule has 2 aromatic carbocycles. The summed E-state index contributed by atoms with van der Waals surface area (Å²) >= 11 is 0. The molecule has 2 aromatic rings. The minimum absolute atomic E-state index is 0.00977. The van der Waals surface area contributed by atoms with E-state index in [-0.39, 0.29) is 37.5 Å². The molecule has 2 atom stereocenters. The number of aliphatic imine (C=N–C) groups is 1. The van der Waals surface area contributed by atoms with E-state index in [0.29, 0.717) is 24.3 Å². The topological polar surface area (TPSA) is 106 Å². The molecule has 0 bridgehead atoms. The van der Waals surface area contributed by atoms with Crippen LogP contribution >= 0.6 is 0 Å². The minimum atomic E-state index is -4.58. The lowest BCUT2D eigenvalue weighted by atomic mass is 9.87. The largest absolute Gasteiger partial charge is 0.494 e. The predicted octanol–water partition coefficient (Wildman–Crippen LogP) is 4.81.